The second-order valence-corrected chi connectivity index (χ2v) is 3.60. The number of hydrogen-bond acceptors (Lipinski definition) is 5. The Hall–Kier alpha value is -1.62. The first-order valence-corrected chi connectivity index (χ1v) is 4.80. The van der Waals surface area contributed by atoms with Crippen LogP contribution in [0.2, 0.25) is 0 Å². The lowest BCUT2D eigenvalue weighted by molar-refractivity contribution is 0.370. The summed E-state index contributed by atoms with van der Waals surface area (Å²) in [5, 5.41) is 3.82. The van der Waals surface area contributed by atoms with Gasteiger partial charge < -0.3 is 14.7 Å². The van der Waals surface area contributed by atoms with Gasteiger partial charge in [-0.2, -0.15) is 4.98 Å². The summed E-state index contributed by atoms with van der Waals surface area (Å²) in [7, 11) is 0. The molecule has 0 spiro atoms. The van der Waals surface area contributed by atoms with Gasteiger partial charge in [-0.3, -0.25) is 0 Å². The molecule has 0 saturated heterocycles. The van der Waals surface area contributed by atoms with Gasteiger partial charge in [0.15, 0.2) is 5.76 Å². The average molecular weight is 207 g/mol. The van der Waals surface area contributed by atoms with Gasteiger partial charge in [-0.25, -0.2) is 0 Å². The van der Waals surface area contributed by atoms with Crippen LogP contribution in [-0.2, 0) is 6.42 Å². The van der Waals surface area contributed by atoms with E-state index in [9.17, 15) is 0 Å². The maximum Gasteiger partial charge on any atom is 0.238 e. The highest BCUT2D eigenvalue weighted by Crippen LogP contribution is 2.18. The zero-order valence-electron chi connectivity index (χ0n) is 8.73. The summed E-state index contributed by atoms with van der Waals surface area (Å²) in [5.74, 6) is 2.45. The van der Waals surface area contributed by atoms with Gasteiger partial charge >= 0.3 is 0 Å². The molecule has 0 aliphatic carbocycles. The molecule has 80 valence electrons. The Morgan fingerprint density at radius 1 is 1.47 bits per heavy atom. The molecule has 5 nitrogen and oxygen atoms in total. The Bertz CT molecular complexity index is 445. The standard InChI is InChI=1S/C10H13N3O2/c1-6(11)5-9-12-10(13-15-9)8-4-3-7(2)14-8/h3-4,6H,5,11H2,1-2H3. The minimum absolute atomic E-state index is 0.0108. The van der Waals surface area contributed by atoms with Crippen molar-refractivity contribution in [3.8, 4) is 11.6 Å². The predicted molar refractivity (Wildman–Crippen MR) is 54.1 cm³/mol. The fourth-order valence-electron chi connectivity index (χ4n) is 1.27. The summed E-state index contributed by atoms with van der Waals surface area (Å²) >= 11 is 0. The third-order valence-electron chi connectivity index (χ3n) is 1.93. The first-order chi connectivity index (χ1) is 7.15. The summed E-state index contributed by atoms with van der Waals surface area (Å²) in [6.45, 7) is 3.76. The Morgan fingerprint density at radius 3 is 2.87 bits per heavy atom. The van der Waals surface area contributed by atoms with E-state index in [-0.39, 0.29) is 6.04 Å². The maximum absolute atomic E-state index is 5.63. The SMILES string of the molecule is Cc1ccc(-c2noc(CC(C)N)n2)o1. The monoisotopic (exact) mass is 207 g/mol. The van der Waals surface area contributed by atoms with E-state index in [2.05, 4.69) is 10.1 Å². The second-order valence-electron chi connectivity index (χ2n) is 3.60. The largest absolute Gasteiger partial charge is 0.458 e. The summed E-state index contributed by atoms with van der Waals surface area (Å²) in [5.41, 5.74) is 5.63. The van der Waals surface area contributed by atoms with Crippen molar-refractivity contribution < 1.29 is 8.94 Å². The summed E-state index contributed by atoms with van der Waals surface area (Å²) in [6.07, 6.45) is 0.576. The van der Waals surface area contributed by atoms with E-state index in [1.807, 2.05) is 26.0 Å². The van der Waals surface area contributed by atoms with Gasteiger partial charge in [0.25, 0.3) is 0 Å². The van der Waals surface area contributed by atoms with Gasteiger partial charge in [-0.15, -0.1) is 0 Å². The zero-order chi connectivity index (χ0) is 10.8. The van der Waals surface area contributed by atoms with E-state index in [4.69, 9.17) is 14.7 Å². The smallest absolute Gasteiger partial charge is 0.238 e. The van der Waals surface area contributed by atoms with Crippen LogP contribution >= 0.6 is 0 Å². The van der Waals surface area contributed by atoms with Crippen LogP contribution in [0.25, 0.3) is 11.6 Å². The molecule has 0 aromatic carbocycles. The fourth-order valence-corrected chi connectivity index (χ4v) is 1.27. The van der Waals surface area contributed by atoms with Gasteiger partial charge in [0, 0.05) is 12.5 Å². The third-order valence-corrected chi connectivity index (χ3v) is 1.93. The Balaban J connectivity index is 2.20. The number of hydrogen-bond donors (Lipinski definition) is 1. The van der Waals surface area contributed by atoms with E-state index in [1.54, 1.807) is 0 Å². The topological polar surface area (TPSA) is 78.1 Å². The van der Waals surface area contributed by atoms with E-state index < -0.39 is 0 Å². The van der Waals surface area contributed by atoms with Gasteiger partial charge in [-0.1, -0.05) is 5.16 Å². The Morgan fingerprint density at radius 2 is 2.27 bits per heavy atom. The van der Waals surface area contributed by atoms with Crippen molar-refractivity contribution in [1.29, 1.82) is 0 Å². The van der Waals surface area contributed by atoms with Crippen LogP contribution in [0.5, 0.6) is 0 Å². The molecule has 2 N–H and O–H groups in total. The molecule has 15 heavy (non-hydrogen) atoms. The first-order valence-electron chi connectivity index (χ1n) is 4.80. The number of aromatic nitrogens is 2. The van der Waals surface area contributed by atoms with Crippen molar-refractivity contribution >= 4 is 0 Å². The molecule has 0 saturated carbocycles. The molecular formula is C10H13N3O2. The first kappa shape index (κ1) is 9.92. The molecule has 2 aromatic heterocycles. The third kappa shape index (κ3) is 2.24. The summed E-state index contributed by atoms with van der Waals surface area (Å²) in [6, 6.07) is 3.68. The molecule has 1 atom stereocenters. The Labute approximate surface area is 87.3 Å². The van der Waals surface area contributed by atoms with E-state index in [0.717, 1.165) is 5.76 Å². The van der Waals surface area contributed by atoms with Crippen molar-refractivity contribution in [3.05, 3.63) is 23.8 Å². The molecule has 2 aromatic rings. The van der Waals surface area contributed by atoms with Crippen LogP contribution in [0, 0.1) is 6.92 Å². The van der Waals surface area contributed by atoms with Crippen LogP contribution in [0.1, 0.15) is 18.6 Å². The molecular weight excluding hydrogens is 194 g/mol. The van der Waals surface area contributed by atoms with Gasteiger partial charge in [0.2, 0.25) is 11.7 Å². The maximum atomic E-state index is 5.63. The van der Waals surface area contributed by atoms with Crippen LogP contribution in [0.15, 0.2) is 21.1 Å². The predicted octanol–water partition coefficient (Wildman–Crippen LogP) is 1.53. The molecule has 0 radical (unpaired) electrons. The van der Waals surface area contributed by atoms with Crippen LogP contribution in [0.3, 0.4) is 0 Å². The van der Waals surface area contributed by atoms with E-state index in [1.165, 1.54) is 0 Å². The zero-order valence-corrected chi connectivity index (χ0v) is 8.73. The lowest BCUT2D eigenvalue weighted by Gasteiger charge is -1.96. The van der Waals surface area contributed by atoms with Crippen molar-refractivity contribution in [2.45, 2.75) is 26.3 Å². The highest BCUT2D eigenvalue weighted by molar-refractivity contribution is 5.45. The highest BCUT2D eigenvalue weighted by atomic mass is 16.5. The number of aryl methyl sites for hydroxylation is 1. The average Bonchev–Trinajstić information content (AvgIpc) is 2.72. The van der Waals surface area contributed by atoms with Crippen molar-refractivity contribution in [2.75, 3.05) is 0 Å². The van der Waals surface area contributed by atoms with Crippen molar-refractivity contribution in [3.63, 3.8) is 0 Å². The summed E-state index contributed by atoms with van der Waals surface area (Å²) < 4.78 is 10.4. The molecule has 0 aliphatic heterocycles. The van der Waals surface area contributed by atoms with Crippen LogP contribution in [-0.4, -0.2) is 16.2 Å². The number of furan rings is 1. The number of nitrogens with zero attached hydrogens (tertiary/aromatic N) is 2. The molecule has 0 bridgehead atoms. The molecule has 0 amide bonds. The van der Waals surface area contributed by atoms with Gasteiger partial charge in [0.1, 0.15) is 5.76 Å². The van der Waals surface area contributed by atoms with Crippen LogP contribution in [0.4, 0.5) is 0 Å². The minimum atomic E-state index is 0.0108. The minimum Gasteiger partial charge on any atom is -0.458 e. The highest BCUT2D eigenvalue weighted by Gasteiger charge is 2.12. The lowest BCUT2D eigenvalue weighted by atomic mass is 10.2. The van der Waals surface area contributed by atoms with Crippen molar-refractivity contribution in [1.82, 2.24) is 10.1 Å². The molecule has 0 aliphatic rings. The second kappa shape index (κ2) is 3.86. The normalized spacial score (nSPS) is 13.0. The molecule has 2 rings (SSSR count). The van der Waals surface area contributed by atoms with Gasteiger partial charge in [-0.05, 0) is 26.0 Å². The number of nitrogens with two attached hydrogens (primary N) is 1. The molecule has 2 heterocycles. The molecule has 0 fully saturated rings. The number of rotatable bonds is 3. The van der Waals surface area contributed by atoms with E-state index >= 15 is 0 Å². The molecule has 1 unspecified atom stereocenters. The van der Waals surface area contributed by atoms with Crippen LogP contribution < -0.4 is 5.73 Å². The van der Waals surface area contributed by atoms with Gasteiger partial charge in [0.05, 0.1) is 0 Å². The lowest BCUT2D eigenvalue weighted by Crippen LogP contribution is -2.17. The fraction of sp³-hybridized carbons (Fsp3) is 0.400. The summed E-state index contributed by atoms with van der Waals surface area (Å²) in [4.78, 5) is 4.18. The Kier molecular flexibility index (Phi) is 2.55. The molecule has 5 heteroatoms. The quantitative estimate of drug-likeness (QED) is 0.825. The van der Waals surface area contributed by atoms with Crippen molar-refractivity contribution in [2.24, 2.45) is 5.73 Å². The van der Waals surface area contributed by atoms with E-state index in [0.29, 0.717) is 23.9 Å².